The Balaban J connectivity index is 2.35. The van der Waals surface area contributed by atoms with Crippen molar-refractivity contribution < 1.29 is 17.9 Å². The maximum atomic E-state index is 11.9. The third-order valence-electron chi connectivity index (χ3n) is 1.91. The molecule has 2 aromatic rings. The van der Waals surface area contributed by atoms with Crippen LogP contribution >= 0.6 is 0 Å². The molecule has 0 fully saturated rings. The predicted octanol–water partition coefficient (Wildman–Crippen LogP) is 2.50. The largest absolute Gasteiger partial charge is 0.409 e. The number of halogens is 2. The highest BCUT2D eigenvalue weighted by Crippen LogP contribution is 2.22. The first kappa shape index (κ1) is 10.4. The fraction of sp³-hybridized carbons (Fsp3) is 0.200. The van der Waals surface area contributed by atoms with E-state index in [0.717, 1.165) is 5.56 Å². The molecular weight excluding hydrogens is 218 g/mol. The topological polar surface area (TPSA) is 59.0 Å². The number of ether oxygens (including phenoxy) is 1. The van der Waals surface area contributed by atoms with Gasteiger partial charge in [-0.25, -0.2) is 0 Å². The number of rotatable bonds is 3. The number of nitriles is 1. The van der Waals surface area contributed by atoms with E-state index in [1.54, 1.807) is 18.2 Å². The number of alkyl halides is 2. The molecule has 82 valence electrons. The van der Waals surface area contributed by atoms with Crippen molar-refractivity contribution in [3.63, 3.8) is 0 Å². The maximum absolute atomic E-state index is 11.9. The Bertz CT molecular complexity index is 545. The Morgan fingerprint density at radius 3 is 3.00 bits per heavy atom. The standard InChI is InChI=1S/C10H6F2N2O2/c11-9(12)16-10-14-7-2-1-6(3-4-13)5-8(7)15-10/h1-2,5,9H,3H2. The van der Waals surface area contributed by atoms with Crippen LogP contribution in [0.3, 0.4) is 0 Å². The number of nitrogens with zero attached hydrogens (tertiary/aromatic N) is 2. The number of oxazole rings is 1. The molecule has 0 unspecified atom stereocenters. The minimum atomic E-state index is -2.97. The fourth-order valence-electron chi connectivity index (χ4n) is 1.28. The number of fused-ring (bicyclic) bond motifs is 1. The highest BCUT2D eigenvalue weighted by atomic mass is 19.3. The smallest absolute Gasteiger partial charge is 0.399 e. The van der Waals surface area contributed by atoms with Crippen LogP contribution in [0.5, 0.6) is 6.08 Å². The van der Waals surface area contributed by atoms with Crippen LogP contribution in [0.2, 0.25) is 0 Å². The lowest BCUT2D eigenvalue weighted by molar-refractivity contribution is -0.0664. The van der Waals surface area contributed by atoms with Gasteiger partial charge in [0.2, 0.25) is 0 Å². The Kier molecular flexibility index (Phi) is 2.68. The number of hydrogen-bond donors (Lipinski definition) is 0. The molecule has 0 amide bonds. The second-order valence-electron chi connectivity index (χ2n) is 3.00. The molecule has 1 aromatic heterocycles. The van der Waals surface area contributed by atoms with E-state index in [9.17, 15) is 8.78 Å². The summed E-state index contributed by atoms with van der Waals surface area (Å²) in [7, 11) is 0. The summed E-state index contributed by atoms with van der Waals surface area (Å²) in [5, 5.41) is 8.50. The van der Waals surface area contributed by atoms with Gasteiger partial charge in [0.1, 0.15) is 5.52 Å². The Hall–Kier alpha value is -2.16. The second kappa shape index (κ2) is 4.14. The van der Waals surface area contributed by atoms with Gasteiger partial charge in [0.05, 0.1) is 12.5 Å². The van der Waals surface area contributed by atoms with Gasteiger partial charge < -0.3 is 9.15 Å². The van der Waals surface area contributed by atoms with Crippen LogP contribution < -0.4 is 4.74 Å². The molecule has 0 aliphatic rings. The molecule has 4 nitrogen and oxygen atoms in total. The zero-order valence-corrected chi connectivity index (χ0v) is 7.98. The van der Waals surface area contributed by atoms with Gasteiger partial charge in [0.15, 0.2) is 5.58 Å². The van der Waals surface area contributed by atoms with Crippen molar-refractivity contribution in [1.82, 2.24) is 4.98 Å². The fourth-order valence-corrected chi connectivity index (χ4v) is 1.28. The van der Waals surface area contributed by atoms with Crippen molar-refractivity contribution in [3.8, 4) is 12.1 Å². The Morgan fingerprint density at radius 2 is 2.31 bits per heavy atom. The van der Waals surface area contributed by atoms with E-state index in [4.69, 9.17) is 9.68 Å². The maximum Gasteiger partial charge on any atom is 0.399 e. The summed E-state index contributed by atoms with van der Waals surface area (Å²) < 4.78 is 32.7. The van der Waals surface area contributed by atoms with Crippen molar-refractivity contribution >= 4 is 11.1 Å². The zero-order valence-electron chi connectivity index (χ0n) is 7.98. The third-order valence-corrected chi connectivity index (χ3v) is 1.91. The van der Waals surface area contributed by atoms with E-state index >= 15 is 0 Å². The third kappa shape index (κ3) is 2.08. The van der Waals surface area contributed by atoms with Crippen molar-refractivity contribution in [1.29, 1.82) is 5.26 Å². The van der Waals surface area contributed by atoms with Crippen LogP contribution in [-0.2, 0) is 6.42 Å². The highest BCUT2D eigenvalue weighted by Gasteiger charge is 2.12. The van der Waals surface area contributed by atoms with Gasteiger partial charge in [0, 0.05) is 0 Å². The summed E-state index contributed by atoms with van der Waals surface area (Å²) in [6, 6.07) is 6.82. The first-order valence-electron chi connectivity index (χ1n) is 4.40. The lowest BCUT2D eigenvalue weighted by atomic mass is 10.1. The van der Waals surface area contributed by atoms with E-state index in [1.807, 2.05) is 6.07 Å². The van der Waals surface area contributed by atoms with Crippen LogP contribution in [0.15, 0.2) is 22.6 Å². The van der Waals surface area contributed by atoms with Gasteiger partial charge in [0.25, 0.3) is 0 Å². The highest BCUT2D eigenvalue weighted by molar-refractivity contribution is 5.73. The summed E-state index contributed by atoms with van der Waals surface area (Å²) in [6.45, 7) is -2.97. The van der Waals surface area contributed by atoms with Crippen LogP contribution in [-0.4, -0.2) is 11.6 Å². The molecule has 0 aliphatic carbocycles. The normalized spacial score (nSPS) is 10.6. The number of aromatic nitrogens is 1. The number of hydrogen-bond acceptors (Lipinski definition) is 4. The molecule has 0 aliphatic heterocycles. The first-order chi connectivity index (χ1) is 7.69. The van der Waals surface area contributed by atoms with E-state index < -0.39 is 12.7 Å². The second-order valence-corrected chi connectivity index (χ2v) is 3.00. The zero-order chi connectivity index (χ0) is 11.5. The molecule has 0 radical (unpaired) electrons. The van der Waals surface area contributed by atoms with Crippen LogP contribution in [0.4, 0.5) is 8.78 Å². The SMILES string of the molecule is N#CCc1ccc2nc(OC(F)F)oc2c1. The minimum Gasteiger partial charge on any atom is -0.409 e. The Labute approximate surface area is 89.1 Å². The molecule has 0 atom stereocenters. The first-order valence-corrected chi connectivity index (χ1v) is 4.40. The summed E-state index contributed by atoms with van der Waals surface area (Å²) in [5.74, 6) is 0. The molecule has 0 bridgehead atoms. The Morgan fingerprint density at radius 1 is 1.50 bits per heavy atom. The average Bonchev–Trinajstić information content (AvgIpc) is 2.58. The quantitative estimate of drug-likeness (QED) is 0.803. The van der Waals surface area contributed by atoms with Gasteiger partial charge in [-0.15, -0.1) is 0 Å². The summed E-state index contributed by atoms with van der Waals surface area (Å²) >= 11 is 0. The van der Waals surface area contributed by atoms with Gasteiger partial charge in [-0.1, -0.05) is 6.07 Å². The molecule has 0 N–H and O–H groups in total. The van der Waals surface area contributed by atoms with Crippen LogP contribution in [0.1, 0.15) is 5.56 Å². The van der Waals surface area contributed by atoms with E-state index in [1.165, 1.54) is 0 Å². The molecular formula is C10H6F2N2O2. The van der Waals surface area contributed by atoms with Gasteiger partial charge in [-0.2, -0.15) is 19.0 Å². The molecule has 16 heavy (non-hydrogen) atoms. The molecule has 0 saturated heterocycles. The number of benzene rings is 1. The molecule has 6 heteroatoms. The van der Waals surface area contributed by atoms with Crippen molar-refractivity contribution in [2.75, 3.05) is 0 Å². The molecule has 2 rings (SSSR count). The van der Waals surface area contributed by atoms with Crippen LogP contribution in [0.25, 0.3) is 11.1 Å². The lowest BCUT2D eigenvalue weighted by Crippen LogP contribution is -2.01. The van der Waals surface area contributed by atoms with E-state index in [0.29, 0.717) is 11.1 Å². The summed E-state index contributed by atoms with van der Waals surface area (Å²) in [4.78, 5) is 3.70. The minimum absolute atomic E-state index is 0.224. The van der Waals surface area contributed by atoms with Crippen molar-refractivity contribution in [2.45, 2.75) is 13.0 Å². The van der Waals surface area contributed by atoms with E-state index in [2.05, 4.69) is 9.72 Å². The van der Waals surface area contributed by atoms with Crippen molar-refractivity contribution in [3.05, 3.63) is 23.8 Å². The van der Waals surface area contributed by atoms with Gasteiger partial charge >= 0.3 is 12.7 Å². The molecule has 0 spiro atoms. The molecule has 1 heterocycles. The molecule has 0 saturated carbocycles. The van der Waals surface area contributed by atoms with Crippen molar-refractivity contribution in [2.24, 2.45) is 0 Å². The summed E-state index contributed by atoms with van der Waals surface area (Å²) in [6.07, 6.45) is -0.249. The predicted molar refractivity (Wildman–Crippen MR) is 50.0 cm³/mol. The van der Waals surface area contributed by atoms with Gasteiger partial charge in [-0.05, 0) is 17.7 Å². The average molecular weight is 224 g/mol. The van der Waals surface area contributed by atoms with Gasteiger partial charge in [-0.3, -0.25) is 0 Å². The monoisotopic (exact) mass is 224 g/mol. The van der Waals surface area contributed by atoms with Crippen LogP contribution in [0, 0.1) is 11.3 Å². The molecule has 1 aromatic carbocycles. The summed E-state index contributed by atoms with van der Waals surface area (Å²) in [5.41, 5.74) is 1.47. The van der Waals surface area contributed by atoms with E-state index in [-0.39, 0.29) is 6.42 Å². The lowest BCUT2D eigenvalue weighted by Gasteiger charge is -1.95.